The fourth-order valence-corrected chi connectivity index (χ4v) is 1.78. The molecule has 100 valence electrons. The van der Waals surface area contributed by atoms with Gasteiger partial charge in [0.15, 0.2) is 5.16 Å². The molecular formula is C11H11F2N5S. The molecule has 2 aromatic rings. The number of nitrogens with one attached hydrogen (secondary N) is 2. The van der Waals surface area contributed by atoms with E-state index in [0.29, 0.717) is 11.0 Å². The van der Waals surface area contributed by atoms with Gasteiger partial charge in [-0.25, -0.2) is 24.6 Å². The van der Waals surface area contributed by atoms with Gasteiger partial charge in [-0.05, 0) is 18.4 Å². The number of nitrogens with zero attached hydrogens (tertiary/aromatic N) is 2. The van der Waals surface area contributed by atoms with Gasteiger partial charge >= 0.3 is 0 Å². The summed E-state index contributed by atoms with van der Waals surface area (Å²) in [7, 11) is 0. The lowest BCUT2D eigenvalue weighted by atomic mass is 10.3. The molecule has 8 heteroatoms. The summed E-state index contributed by atoms with van der Waals surface area (Å²) in [5.41, 5.74) is 2.10. The van der Waals surface area contributed by atoms with Crippen LogP contribution in [0.4, 0.5) is 26.1 Å². The molecule has 2 rings (SSSR count). The number of hydrogen-bond acceptors (Lipinski definition) is 6. The highest BCUT2D eigenvalue weighted by Gasteiger charge is 2.10. The Morgan fingerprint density at radius 2 is 1.79 bits per heavy atom. The van der Waals surface area contributed by atoms with Crippen LogP contribution in [-0.2, 0) is 0 Å². The summed E-state index contributed by atoms with van der Waals surface area (Å²) in [5.74, 6) is 4.46. The standard InChI is InChI=1S/C11H11F2N5S/c1-19-11-16-8(5-9(17-11)18-14)15-10-6(12)3-2-4-7(10)13/h2-5H,14H2,1H3,(H2,15,16,17,18). The molecule has 4 N–H and O–H groups in total. The Morgan fingerprint density at radius 3 is 2.37 bits per heavy atom. The Morgan fingerprint density at radius 1 is 1.16 bits per heavy atom. The van der Waals surface area contributed by atoms with Crippen molar-refractivity contribution in [2.45, 2.75) is 5.16 Å². The molecule has 1 aromatic heterocycles. The number of nitrogen functional groups attached to an aromatic ring is 1. The van der Waals surface area contributed by atoms with Gasteiger partial charge in [0, 0.05) is 6.07 Å². The van der Waals surface area contributed by atoms with Crippen LogP contribution in [0, 0.1) is 11.6 Å². The van der Waals surface area contributed by atoms with E-state index in [9.17, 15) is 8.78 Å². The van der Waals surface area contributed by atoms with Gasteiger partial charge in [-0.2, -0.15) is 0 Å². The number of hydrogen-bond donors (Lipinski definition) is 3. The number of thioether (sulfide) groups is 1. The lowest BCUT2D eigenvalue weighted by Crippen LogP contribution is -2.10. The van der Waals surface area contributed by atoms with Crippen LogP contribution >= 0.6 is 11.8 Å². The van der Waals surface area contributed by atoms with Crippen molar-refractivity contribution < 1.29 is 8.78 Å². The van der Waals surface area contributed by atoms with Crippen molar-refractivity contribution in [1.29, 1.82) is 0 Å². The van der Waals surface area contributed by atoms with E-state index in [0.717, 1.165) is 12.1 Å². The highest BCUT2D eigenvalue weighted by molar-refractivity contribution is 7.98. The van der Waals surface area contributed by atoms with Crippen molar-refractivity contribution in [2.75, 3.05) is 17.0 Å². The zero-order chi connectivity index (χ0) is 13.8. The number of nitrogens with two attached hydrogens (primary N) is 1. The molecule has 0 bridgehead atoms. The number of anilines is 3. The van der Waals surface area contributed by atoms with Crippen molar-refractivity contribution >= 4 is 29.1 Å². The van der Waals surface area contributed by atoms with E-state index in [1.807, 2.05) is 0 Å². The zero-order valence-electron chi connectivity index (χ0n) is 9.95. The Bertz CT molecular complexity index is 551. The molecular weight excluding hydrogens is 272 g/mol. The maximum Gasteiger partial charge on any atom is 0.191 e. The molecule has 5 nitrogen and oxygen atoms in total. The normalized spacial score (nSPS) is 10.3. The lowest BCUT2D eigenvalue weighted by Gasteiger charge is -2.10. The molecule has 0 spiro atoms. The maximum atomic E-state index is 13.5. The first-order valence-electron chi connectivity index (χ1n) is 5.24. The topological polar surface area (TPSA) is 75.9 Å². The van der Waals surface area contributed by atoms with E-state index in [-0.39, 0.29) is 11.5 Å². The van der Waals surface area contributed by atoms with Crippen LogP contribution in [0.15, 0.2) is 29.4 Å². The van der Waals surface area contributed by atoms with Gasteiger partial charge in [0.25, 0.3) is 0 Å². The van der Waals surface area contributed by atoms with E-state index in [4.69, 9.17) is 5.84 Å². The summed E-state index contributed by atoms with van der Waals surface area (Å²) in [6.07, 6.45) is 1.78. The Labute approximate surface area is 112 Å². The van der Waals surface area contributed by atoms with Crippen LogP contribution in [0.3, 0.4) is 0 Å². The van der Waals surface area contributed by atoms with Gasteiger partial charge in [0.2, 0.25) is 0 Å². The first-order valence-corrected chi connectivity index (χ1v) is 6.47. The second-order valence-corrected chi connectivity index (χ2v) is 4.26. The number of benzene rings is 1. The van der Waals surface area contributed by atoms with Crippen molar-refractivity contribution in [3.8, 4) is 0 Å². The molecule has 0 aliphatic heterocycles. The van der Waals surface area contributed by atoms with Crippen LogP contribution < -0.4 is 16.6 Å². The van der Waals surface area contributed by atoms with Crippen LogP contribution in [0.5, 0.6) is 0 Å². The van der Waals surface area contributed by atoms with E-state index < -0.39 is 11.6 Å². The monoisotopic (exact) mass is 283 g/mol. The summed E-state index contributed by atoms with van der Waals surface area (Å²) in [4.78, 5) is 8.13. The van der Waals surface area contributed by atoms with Crippen LogP contribution in [-0.4, -0.2) is 16.2 Å². The second kappa shape index (κ2) is 5.81. The van der Waals surface area contributed by atoms with Gasteiger partial charge in [0.1, 0.15) is 29.0 Å². The molecule has 0 atom stereocenters. The van der Waals surface area contributed by atoms with Crippen molar-refractivity contribution in [1.82, 2.24) is 9.97 Å². The van der Waals surface area contributed by atoms with Crippen LogP contribution in [0.25, 0.3) is 0 Å². The van der Waals surface area contributed by atoms with Gasteiger partial charge in [-0.3, -0.25) is 0 Å². The molecule has 1 aromatic carbocycles. The predicted octanol–water partition coefficient (Wildman–Crippen LogP) is 2.51. The molecule has 0 unspecified atom stereocenters. The summed E-state index contributed by atoms with van der Waals surface area (Å²) >= 11 is 1.29. The van der Waals surface area contributed by atoms with Crippen molar-refractivity contribution in [2.24, 2.45) is 5.84 Å². The van der Waals surface area contributed by atoms with E-state index in [1.165, 1.54) is 23.9 Å². The summed E-state index contributed by atoms with van der Waals surface area (Å²) in [6.45, 7) is 0. The Hall–Kier alpha value is -1.93. The predicted molar refractivity (Wildman–Crippen MR) is 71.3 cm³/mol. The summed E-state index contributed by atoms with van der Waals surface area (Å²) in [6, 6.07) is 5.05. The third kappa shape index (κ3) is 3.09. The van der Waals surface area contributed by atoms with E-state index in [2.05, 4.69) is 20.7 Å². The number of halogens is 2. The Kier molecular flexibility index (Phi) is 4.13. The van der Waals surface area contributed by atoms with Gasteiger partial charge in [0.05, 0.1) is 0 Å². The smallest absolute Gasteiger partial charge is 0.191 e. The summed E-state index contributed by atoms with van der Waals surface area (Å²) < 4.78 is 27.0. The molecule has 0 saturated carbocycles. The van der Waals surface area contributed by atoms with Gasteiger partial charge in [-0.15, -0.1) is 0 Å². The number of hydrazine groups is 1. The van der Waals surface area contributed by atoms with Gasteiger partial charge < -0.3 is 10.7 Å². The van der Waals surface area contributed by atoms with Gasteiger partial charge in [-0.1, -0.05) is 17.8 Å². The fourth-order valence-electron chi connectivity index (χ4n) is 1.40. The minimum Gasteiger partial charge on any atom is -0.335 e. The molecule has 1 heterocycles. The number of aromatic nitrogens is 2. The first-order chi connectivity index (χ1) is 9.13. The van der Waals surface area contributed by atoms with Crippen molar-refractivity contribution in [3.63, 3.8) is 0 Å². The minimum absolute atomic E-state index is 0.247. The third-order valence-electron chi connectivity index (χ3n) is 2.25. The molecule has 0 radical (unpaired) electrons. The molecule has 0 saturated heterocycles. The van der Waals surface area contributed by atoms with E-state index >= 15 is 0 Å². The van der Waals surface area contributed by atoms with Crippen LogP contribution in [0.2, 0.25) is 0 Å². The number of rotatable bonds is 4. The highest BCUT2D eigenvalue weighted by Crippen LogP contribution is 2.24. The quantitative estimate of drug-likeness (QED) is 0.346. The molecule has 0 aliphatic rings. The second-order valence-electron chi connectivity index (χ2n) is 3.49. The number of para-hydroxylation sites is 1. The zero-order valence-corrected chi connectivity index (χ0v) is 10.8. The molecule has 19 heavy (non-hydrogen) atoms. The van der Waals surface area contributed by atoms with Crippen LogP contribution in [0.1, 0.15) is 0 Å². The third-order valence-corrected chi connectivity index (χ3v) is 2.80. The average Bonchev–Trinajstić information content (AvgIpc) is 2.42. The fraction of sp³-hybridized carbons (Fsp3) is 0.0909. The average molecular weight is 283 g/mol. The first kappa shape index (κ1) is 13.5. The SMILES string of the molecule is CSc1nc(NN)cc(Nc2c(F)cccc2F)n1. The van der Waals surface area contributed by atoms with Crippen molar-refractivity contribution in [3.05, 3.63) is 35.9 Å². The Balaban J connectivity index is 2.37. The highest BCUT2D eigenvalue weighted by atomic mass is 32.2. The lowest BCUT2D eigenvalue weighted by molar-refractivity contribution is 0.590. The minimum atomic E-state index is -0.702. The van der Waals surface area contributed by atoms with E-state index in [1.54, 1.807) is 6.26 Å². The summed E-state index contributed by atoms with van der Waals surface area (Å²) in [5, 5.41) is 3.01. The molecule has 0 amide bonds. The largest absolute Gasteiger partial charge is 0.335 e. The maximum absolute atomic E-state index is 13.5. The molecule has 0 fully saturated rings. The molecule has 0 aliphatic carbocycles.